The second-order valence-corrected chi connectivity index (χ2v) is 7.85. The molecule has 0 bridgehead atoms. The average molecular weight is 422 g/mol. The quantitative estimate of drug-likeness (QED) is 0.506. The zero-order valence-electron chi connectivity index (χ0n) is 17.8. The Morgan fingerprint density at radius 2 is 1.94 bits per heavy atom. The van der Waals surface area contributed by atoms with Gasteiger partial charge in [0.1, 0.15) is 5.92 Å². The maximum atomic E-state index is 13.6. The molecule has 0 unspecified atom stereocenters. The predicted octanol–water partition coefficient (Wildman–Crippen LogP) is 4.02. The number of fused-ring (bicyclic) bond motifs is 1. The fraction of sp³-hybridized carbons (Fsp3) is 0.333. The highest BCUT2D eigenvalue weighted by Crippen LogP contribution is 2.44. The van der Waals surface area contributed by atoms with Crippen LogP contribution in [0.15, 0.2) is 53.7 Å². The van der Waals surface area contributed by atoms with E-state index in [9.17, 15) is 14.7 Å². The van der Waals surface area contributed by atoms with E-state index in [0.29, 0.717) is 24.4 Å². The van der Waals surface area contributed by atoms with Gasteiger partial charge in [0.2, 0.25) is 0 Å². The standard InChI is InChI=1S/C24H26N2O5/c1-4-31-19-12-14(9-10-18(19)27)22-21-17(25-15-7-5-6-8-16(15)26-22)11-13(2)20(23(21)28)24(29)30-3/h5-10,12-13,20,22,25-27H,4,11H2,1-3H3/t13-,20+,22+/m0/s1. The van der Waals surface area contributed by atoms with Crippen LogP contribution in [0.3, 0.4) is 0 Å². The molecule has 0 saturated carbocycles. The van der Waals surface area contributed by atoms with E-state index >= 15 is 0 Å². The van der Waals surface area contributed by atoms with Crippen molar-refractivity contribution >= 4 is 23.1 Å². The summed E-state index contributed by atoms with van der Waals surface area (Å²) < 4.78 is 10.5. The van der Waals surface area contributed by atoms with Gasteiger partial charge in [-0.15, -0.1) is 0 Å². The maximum Gasteiger partial charge on any atom is 0.316 e. The number of rotatable bonds is 4. The number of phenolic OH excluding ortho intramolecular Hbond substituents is 1. The van der Waals surface area contributed by atoms with Gasteiger partial charge in [0.05, 0.1) is 31.1 Å². The van der Waals surface area contributed by atoms with Gasteiger partial charge in [-0.3, -0.25) is 9.59 Å². The largest absolute Gasteiger partial charge is 0.504 e. The number of methoxy groups -OCH3 is 1. The summed E-state index contributed by atoms with van der Waals surface area (Å²) in [5.74, 6) is -1.47. The van der Waals surface area contributed by atoms with Crippen LogP contribution in [-0.4, -0.2) is 30.6 Å². The van der Waals surface area contributed by atoms with Crippen LogP contribution in [0.1, 0.15) is 31.9 Å². The van der Waals surface area contributed by atoms with E-state index in [-0.39, 0.29) is 17.5 Å². The number of para-hydroxylation sites is 2. The van der Waals surface area contributed by atoms with Crippen molar-refractivity contribution < 1.29 is 24.2 Å². The van der Waals surface area contributed by atoms with E-state index in [4.69, 9.17) is 9.47 Å². The molecule has 162 valence electrons. The number of esters is 1. The van der Waals surface area contributed by atoms with Gasteiger partial charge in [0.15, 0.2) is 17.3 Å². The Morgan fingerprint density at radius 1 is 1.19 bits per heavy atom. The van der Waals surface area contributed by atoms with Gasteiger partial charge in [0, 0.05) is 11.3 Å². The van der Waals surface area contributed by atoms with Crippen LogP contribution in [0, 0.1) is 11.8 Å². The van der Waals surface area contributed by atoms with Crippen LogP contribution in [-0.2, 0) is 14.3 Å². The van der Waals surface area contributed by atoms with E-state index in [1.165, 1.54) is 7.11 Å². The fourth-order valence-electron chi connectivity index (χ4n) is 4.37. The van der Waals surface area contributed by atoms with E-state index in [2.05, 4.69) is 10.6 Å². The highest BCUT2D eigenvalue weighted by molar-refractivity contribution is 6.11. The number of ketones is 1. The van der Waals surface area contributed by atoms with Crippen molar-refractivity contribution in [3.8, 4) is 11.5 Å². The van der Waals surface area contributed by atoms with Crippen LogP contribution in [0.4, 0.5) is 11.4 Å². The molecule has 0 saturated heterocycles. The number of hydrogen-bond acceptors (Lipinski definition) is 7. The van der Waals surface area contributed by atoms with E-state index in [1.54, 1.807) is 18.2 Å². The molecule has 31 heavy (non-hydrogen) atoms. The first-order valence-corrected chi connectivity index (χ1v) is 10.4. The Labute approximate surface area is 181 Å². The van der Waals surface area contributed by atoms with Crippen molar-refractivity contribution in [2.24, 2.45) is 11.8 Å². The summed E-state index contributed by atoms with van der Waals surface area (Å²) in [5, 5.41) is 17.0. The maximum absolute atomic E-state index is 13.6. The van der Waals surface area contributed by atoms with Crippen molar-refractivity contribution in [1.29, 1.82) is 0 Å². The molecule has 7 heteroatoms. The first-order chi connectivity index (χ1) is 14.9. The van der Waals surface area contributed by atoms with Crippen LogP contribution in [0.25, 0.3) is 0 Å². The molecule has 2 aromatic carbocycles. The molecule has 0 radical (unpaired) electrons. The normalized spacial score (nSPS) is 22.4. The summed E-state index contributed by atoms with van der Waals surface area (Å²) in [4.78, 5) is 26.1. The van der Waals surface area contributed by atoms with Crippen LogP contribution in [0.5, 0.6) is 11.5 Å². The Bertz CT molecular complexity index is 1060. The summed E-state index contributed by atoms with van der Waals surface area (Å²) in [6.07, 6.45) is 0.532. The second-order valence-electron chi connectivity index (χ2n) is 7.85. The summed E-state index contributed by atoms with van der Waals surface area (Å²) in [6.45, 7) is 4.12. The number of ether oxygens (including phenoxy) is 2. The van der Waals surface area contributed by atoms with Crippen LogP contribution >= 0.6 is 0 Å². The molecule has 0 amide bonds. The first kappa shape index (κ1) is 20.8. The number of allylic oxidation sites excluding steroid dienone is 1. The Kier molecular flexibility index (Phi) is 5.59. The molecule has 7 nitrogen and oxygen atoms in total. The predicted molar refractivity (Wildman–Crippen MR) is 117 cm³/mol. The van der Waals surface area contributed by atoms with E-state index in [0.717, 1.165) is 22.6 Å². The molecule has 0 fully saturated rings. The monoisotopic (exact) mass is 422 g/mol. The minimum atomic E-state index is -0.862. The van der Waals surface area contributed by atoms with Gasteiger partial charge in [-0.1, -0.05) is 25.1 Å². The van der Waals surface area contributed by atoms with Crippen LogP contribution < -0.4 is 15.4 Å². The smallest absolute Gasteiger partial charge is 0.316 e. The third-order valence-electron chi connectivity index (χ3n) is 5.84. The minimum absolute atomic E-state index is 0.0305. The molecule has 3 atom stereocenters. The summed E-state index contributed by atoms with van der Waals surface area (Å²) in [6, 6.07) is 12.2. The zero-order valence-corrected chi connectivity index (χ0v) is 17.8. The Balaban J connectivity index is 1.87. The number of nitrogens with one attached hydrogen (secondary N) is 2. The van der Waals surface area contributed by atoms with Gasteiger partial charge < -0.3 is 25.2 Å². The number of anilines is 2. The summed E-state index contributed by atoms with van der Waals surface area (Å²) >= 11 is 0. The molecule has 1 aliphatic carbocycles. The van der Waals surface area contributed by atoms with Crippen molar-refractivity contribution in [3.63, 3.8) is 0 Å². The van der Waals surface area contributed by atoms with Crippen molar-refractivity contribution in [2.45, 2.75) is 26.3 Å². The second kappa shape index (κ2) is 8.34. The van der Waals surface area contributed by atoms with Crippen molar-refractivity contribution in [2.75, 3.05) is 24.4 Å². The highest BCUT2D eigenvalue weighted by atomic mass is 16.5. The van der Waals surface area contributed by atoms with E-state index in [1.807, 2.05) is 38.1 Å². The molecular weight excluding hydrogens is 396 g/mol. The van der Waals surface area contributed by atoms with Gasteiger partial charge >= 0.3 is 5.97 Å². The highest BCUT2D eigenvalue weighted by Gasteiger charge is 2.44. The van der Waals surface area contributed by atoms with Gasteiger partial charge in [0.25, 0.3) is 0 Å². The average Bonchev–Trinajstić information content (AvgIpc) is 2.91. The molecule has 4 rings (SSSR count). The van der Waals surface area contributed by atoms with E-state index < -0.39 is 17.9 Å². The summed E-state index contributed by atoms with van der Waals surface area (Å²) in [7, 11) is 1.30. The SMILES string of the molecule is CCOc1cc([C@H]2Nc3ccccc3NC3=C2C(=O)[C@H](C(=O)OC)[C@@H](C)C3)ccc1O. The lowest BCUT2D eigenvalue weighted by Gasteiger charge is -2.32. The first-order valence-electron chi connectivity index (χ1n) is 10.4. The number of phenols is 1. The zero-order chi connectivity index (χ0) is 22.1. The third kappa shape index (κ3) is 3.71. The lowest BCUT2D eigenvalue weighted by molar-refractivity contribution is -0.151. The fourth-order valence-corrected chi connectivity index (χ4v) is 4.37. The van der Waals surface area contributed by atoms with Crippen LogP contribution in [0.2, 0.25) is 0 Å². The van der Waals surface area contributed by atoms with Gasteiger partial charge in [-0.2, -0.15) is 0 Å². The topological polar surface area (TPSA) is 96.9 Å². The number of hydrogen-bond donors (Lipinski definition) is 3. The molecule has 1 aliphatic heterocycles. The molecule has 1 heterocycles. The van der Waals surface area contributed by atoms with Gasteiger partial charge in [-0.05, 0) is 49.1 Å². The lowest BCUT2D eigenvalue weighted by Crippen LogP contribution is -2.39. The lowest BCUT2D eigenvalue weighted by atomic mass is 9.75. The summed E-state index contributed by atoms with van der Waals surface area (Å²) in [5.41, 5.74) is 3.73. The molecule has 3 N–H and O–H groups in total. The molecule has 0 spiro atoms. The molecule has 0 aromatic heterocycles. The number of carbonyl (C=O) groups excluding carboxylic acids is 2. The minimum Gasteiger partial charge on any atom is -0.504 e. The molecular formula is C24H26N2O5. The number of aromatic hydroxyl groups is 1. The van der Waals surface area contributed by atoms with Crippen molar-refractivity contribution in [1.82, 2.24) is 0 Å². The number of Topliss-reactive ketones (excluding diaryl/α,β-unsaturated/α-hetero) is 1. The Morgan fingerprint density at radius 3 is 2.65 bits per heavy atom. The van der Waals surface area contributed by atoms with Gasteiger partial charge in [-0.25, -0.2) is 0 Å². The molecule has 2 aromatic rings. The third-order valence-corrected chi connectivity index (χ3v) is 5.84. The van der Waals surface area contributed by atoms with Crippen molar-refractivity contribution in [3.05, 3.63) is 59.3 Å². The number of carbonyl (C=O) groups is 2. The molecule has 2 aliphatic rings. The Hall–Kier alpha value is -3.48. The number of benzene rings is 2.